The van der Waals surface area contributed by atoms with E-state index in [0.29, 0.717) is 24.9 Å². The Morgan fingerprint density at radius 3 is 2.70 bits per heavy atom. The fourth-order valence-electron chi connectivity index (χ4n) is 4.63. The largest absolute Gasteiger partial charge is 0.381 e. The zero-order valence-corrected chi connectivity index (χ0v) is 16.4. The molecule has 2 saturated heterocycles. The summed E-state index contributed by atoms with van der Waals surface area (Å²) >= 11 is 0. The molecule has 2 aliphatic heterocycles. The Bertz CT molecular complexity index is 624. The van der Waals surface area contributed by atoms with E-state index in [2.05, 4.69) is 15.0 Å². The van der Waals surface area contributed by atoms with E-state index in [9.17, 15) is 4.79 Å². The first kappa shape index (κ1) is 18.9. The number of likely N-dealkylation sites (tertiary alicyclic amines) is 1. The summed E-state index contributed by atoms with van der Waals surface area (Å²) in [6.07, 6.45) is 8.70. The molecule has 3 fully saturated rings. The summed E-state index contributed by atoms with van der Waals surface area (Å²) < 4.78 is 10.9. The van der Waals surface area contributed by atoms with Gasteiger partial charge in [-0.1, -0.05) is 11.6 Å². The van der Waals surface area contributed by atoms with Crippen molar-refractivity contribution < 1.29 is 14.1 Å². The standard InChI is InChI=1S/C20H32N4O3/c1-15(25)24(11-7-19-21-20(27-22-19)16-4-2-5-16)18-6-3-10-23(14-18)17-8-12-26-13-9-17/h16-18H,2-14H2,1H3. The van der Waals surface area contributed by atoms with Crippen LogP contribution in [0, 0.1) is 0 Å². The Morgan fingerprint density at radius 1 is 1.19 bits per heavy atom. The minimum Gasteiger partial charge on any atom is -0.381 e. The number of piperidine rings is 1. The smallest absolute Gasteiger partial charge is 0.229 e. The van der Waals surface area contributed by atoms with Gasteiger partial charge in [-0.2, -0.15) is 4.98 Å². The molecule has 7 nitrogen and oxygen atoms in total. The first-order chi connectivity index (χ1) is 13.2. The van der Waals surface area contributed by atoms with Crippen molar-refractivity contribution in [2.45, 2.75) is 76.3 Å². The third kappa shape index (κ3) is 4.51. The van der Waals surface area contributed by atoms with Crippen molar-refractivity contribution in [1.29, 1.82) is 0 Å². The molecule has 1 aliphatic carbocycles. The summed E-state index contributed by atoms with van der Waals surface area (Å²) in [5, 5.41) is 4.14. The molecule has 1 atom stereocenters. The number of hydrogen-bond acceptors (Lipinski definition) is 6. The van der Waals surface area contributed by atoms with E-state index in [1.807, 2.05) is 4.90 Å². The van der Waals surface area contributed by atoms with E-state index in [0.717, 1.165) is 76.5 Å². The minimum absolute atomic E-state index is 0.150. The van der Waals surface area contributed by atoms with Crippen LogP contribution < -0.4 is 0 Å². The molecule has 3 heterocycles. The second-order valence-electron chi connectivity index (χ2n) is 8.27. The lowest BCUT2D eigenvalue weighted by molar-refractivity contribution is -0.132. The van der Waals surface area contributed by atoms with Gasteiger partial charge in [-0.3, -0.25) is 9.69 Å². The van der Waals surface area contributed by atoms with Gasteiger partial charge < -0.3 is 14.2 Å². The molecule has 1 unspecified atom stereocenters. The zero-order valence-electron chi connectivity index (χ0n) is 16.4. The predicted molar refractivity (Wildman–Crippen MR) is 100 cm³/mol. The van der Waals surface area contributed by atoms with Crippen LogP contribution in [0.4, 0.5) is 0 Å². The Hall–Kier alpha value is -1.47. The van der Waals surface area contributed by atoms with Crippen molar-refractivity contribution in [3.8, 4) is 0 Å². The van der Waals surface area contributed by atoms with Crippen LogP contribution in [-0.4, -0.2) is 70.8 Å². The Kier molecular flexibility index (Phi) is 6.08. The summed E-state index contributed by atoms with van der Waals surface area (Å²) in [4.78, 5) is 21.5. The predicted octanol–water partition coefficient (Wildman–Crippen LogP) is 2.37. The highest BCUT2D eigenvalue weighted by molar-refractivity contribution is 5.73. The molecule has 3 aliphatic rings. The van der Waals surface area contributed by atoms with Crippen LogP contribution in [0.3, 0.4) is 0 Å². The first-order valence-corrected chi connectivity index (χ1v) is 10.6. The van der Waals surface area contributed by atoms with Gasteiger partial charge in [0.25, 0.3) is 0 Å². The Labute approximate surface area is 161 Å². The third-order valence-corrected chi connectivity index (χ3v) is 6.49. The number of rotatable bonds is 6. The fraction of sp³-hybridized carbons (Fsp3) is 0.850. The van der Waals surface area contributed by atoms with E-state index in [1.165, 1.54) is 6.42 Å². The van der Waals surface area contributed by atoms with Gasteiger partial charge >= 0.3 is 0 Å². The number of amides is 1. The van der Waals surface area contributed by atoms with Crippen LogP contribution in [0.2, 0.25) is 0 Å². The number of hydrogen-bond donors (Lipinski definition) is 0. The highest BCUT2D eigenvalue weighted by Gasteiger charge is 2.31. The Balaban J connectivity index is 1.33. The third-order valence-electron chi connectivity index (χ3n) is 6.49. The maximum atomic E-state index is 12.3. The van der Waals surface area contributed by atoms with Crippen LogP contribution in [0.25, 0.3) is 0 Å². The SMILES string of the molecule is CC(=O)N(CCc1noc(C2CCC2)n1)C1CCCN(C2CCOCC2)C1. The monoisotopic (exact) mass is 376 g/mol. The molecule has 0 bridgehead atoms. The zero-order chi connectivity index (χ0) is 18.6. The van der Waals surface area contributed by atoms with Gasteiger partial charge in [0.1, 0.15) is 0 Å². The van der Waals surface area contributed by atoms with E-state index >= 15 is 0 Å². The lowest BCUT2D eigenvalue weighted by atomic mass is 9.85. The number of aromatic nitrogens is 2. The van der Waals surface area contributed by atoms with Gasteiger partial charge in [0.15, 0.2) is 5.82 Å². The molecular formula is C20H32N4O3. The second-order valence-corrected chi connectivity index (χ2v) is 8.27. The van der Waals surface area contributed by atoms with Crippen LogP contribution in [0.5, 0.6) is 0 Å². The lowest BCUT2D eigenvalue weighted by Gasteiger charge is -2.43. The molecule has 1 aromatic heterocycles. The highest BCUT2D eigenvalue weighted by atomic mass is 16.5. The quantitative estimate of drug-likeness (QED) is 0.759. The lowest BCUT2D eigenvalue weighted by Crippen LogP contribution is -2.53. The molecule has 1 aromatic rings. The van der Waals surface area contributed by atoms with Crippen molar-refractivity contribution in [1.82, 2.24) is 19.9 Å². The van der Waals surface area contributed by atoms with E-state index in [-0.39, 0.29) is 11.9 Å². The number of carbonyl (C=O) groups is 1. The van der Waals surface area contributed by atoms with E-state index < -0.39 is 0 Å². The number of ether oxygens (including phenoxy) is 1. The van der Waals surface area contributed by atoms with Crippen molar-refractivity contribution in [2.24, 2.45) is 0 Å². The first-order valence-electron chi connectivity index (χ1n) is 10.6. The topological polar surface area (TPSA) is 71.7 Å². The van der Waals surface area contributed by atoms with Crippen LogP contribution >= 0.6 is 0 Å². The van der Waals surface area contributed by atoms with Crippen molar-refractivity contribution >= 4 is 5.91 Å². The molecular weight excluding hydrogens is 344 g/mol. The van der Waals surface area contributed by atoms with Crippen molar-refractivity contribution in [2.75, 3.05) is 32.8 Å². The van der Waals surface area contributed by atoms with Gasteiger partial charge in [-0.15, -0.1) is 0 Å². The van der Waals surface area contributed by atoms with E-state index in [1.54, 1.807) is 6.92 Å². The highest BCUT2D eigenvalue weighted by Crippen LogP contribution is 2.35. The molecule has 27 heavy (non-hydrogen) atoms. The number of carbonyl (C=O) groups excluding carboxylic acids is 1. The van der Waals surface area contributed by atoms with Crippen molar-refractivity contribution in [3.05, 3.63) is 11.7 Å². The molecule has 150 valence electrons. The van der Waals surface area contributed by atoms with Crippen LogP contribution in [0.1, 0.15) is 69.5 Å². The fourth-order valence-corrected chi connectivity index (χ4v) is 4.63. The normalized spacial score (nSPS) is 25.3. The average Bonchev–Trinajstić information content (AvgIpc) is 3.09. The van der Waals surface area contributed by atoms with Crippen molar-refractivity contribution in [3.63, 3.8) is 0 Å². The summed E-state index contributed by atoms with van der Waals surface area (Å²) in [5.74, 6) is 2.13. The van der Waals surface area contributed by atoms with E-state index in [4.69, 9.17) is 9.26 Å². The summed E-state index contributed by atoms with van der Waals surface area (Å²) in [6, 6.07) is 0.898. The van der Waals surface area contributed by atoms with Crippen LogP contribution in [-0.2, 0) is 16.0 Å². The summed E-state index contributed by atoms with van der Waals surface area (Å²) in [5.41, 5.74) is 0. The van der Waals surface area contributed by atoms with Gasteiger partial charge in [0.2, 0.25) is 11.8 Å². The molecule has 4 rings (SSSR count). The molecule has 0 spiro atoms. The molecule has 7 heteroatoms. The molecule has 0 aromatic carbocycles. The maximum Gasteiger partial charge on any atom is 0.229 e. The summed E-state index contributed by atoms with van der Waals surface area (Å²) in [6.45, 7) is 6.20. The van der Waals surface area contributed by atoms with Gasteiger partial charge in [0.05, 0.1) is 0 Å². The van der Waals surface area contributed by atoms with Crippen LogP contribution in [0.15, 0.2) is 4.52 Å². The van der Waals surface area contributed by atoms with Gasteiger partial charge in [-0.05, 0) is 45.1 Å². The average molecular weight is 377 g/mol. The molecule has 1 saturated carbocycles. The molecule has 0 radical (unpaired) electrons. The molecule has 1 amide bonds. The maximum absolute atomic E-state index is 12.3. The Morgan fingerprint density at radius 2 is 2.00 bits per heavy atom. The summed E-state index contributed by atoms with van der Waals surface area (Å²) in [7, 11) is 0. The second kappa shape index (κ2) is 8.69. The number of nitrogens with zero attached hydrogens (tertiary/aromatic N) is 4. The van der Waals surface area contributed by atoms with Gasteiger partial charge in [0, 0.05) is 57.6 Å². The molecule has 0 N–H and O–H groups in total. The van der Waals surface area contributed by atoms with Gasteiger partial charge in [-0.25, -0.2) is 0 Å². The minimum atomic E-state index is 0.150.